The third-order valence-electron chi connectivity index (χ3n) is 10.4. The van der Waals surface area contributed by atoms with Crippen LogP contribution in [0.15, 0.2) is 236 Å². The maximum atomic E-state index is 9.75. The van der Waals surface area contributed by atoms with Crippen LogP contribution < -0.4 is 4.90 Å². The van der Waals surface area contributed by atoms with Crippen LogP contribution >= 0.6 is 0 Å². The highest BCUT2D eigenvalue weighted by atomic mass is 15.1. The zero-order valence-corrected chi connectivity index (χ0v) is 30.8. The maximum absolute atomic E-state index is 9.75. The first kappa shape index (κ1) is 26.3. The SMILES string of the molecule is [2H]c1c([2H])c(N(c2ccc(-c3cccc(-c4cccc5ccccc45)c3)cc2)c2c([2H])c([2H])c(-c3c(-c4ccccc4)ccc4ccccc34)c([2H])c2[2H])c([2H])c([2H])c1-c1ccccc1. The van der Waals surface area contributed by atoms with Crippen LogP contribution in [0.5, 0.6) is 0 Å². The van der Waals surface area contributed by atoms with Crippen molar-refractivity contribution in [3.63, 3.8) is 0 Å². The Kier molecular flexibility index (Phi) is 6.92. The minimum atomic E-state index is -0.399. The van der Waals surface area contributed by atoms with Gasteiger partial charge in [-0.05, 0) is 120 Å². The fourth-order valence-electron chi connectivity index (χ4n) is 7.63. The second-order valence-electron chi connectivity index (χ2n) is 13.9. The summed E-state index contributed by atoms with van der Waals surface area (Å²) >= 11 is 0. The largest absolute Gasteiger partial charge is 0.311 e. The summed E-state index contributed by atoms with van der Waals surface area (Å²) in [7, 11) is 0. The molecule has 0 radical (unpaired) electrons. The molecule has 10 aromatic rings. The molecule has 0 aliphatic heterocycles. The predicted molar refractivity (Wildman–Crippen MR) is 243 cm³/mol. The Morgan fingerprint density at radius 2 is 0.789 bits per heavy atom. The van der Waals surface area contributed by atoms with Crippen LogP contribution in [0.25, 0.3) is 77.2 Å². The zero-order valence-electron chi connectivity index (χ0n) is 38.8. The van der Waals surface area contributed by atoms with E-state index in [-0.39, 0.29) is 46.7 Å². The van der Waals surface area contributed by atoms with E-state index < -0.39 is 24.2 Å². The number of nitrogens with zero attached hydrogens (tertiary/aromatic N) is 1. The van der Waals surface area contributed by atoms with Gasteiger partial charge in [0.05, 0.1) is 11.0 Å². The first-order chi connectivity index (χ1) is 31.6. The van der Waals surface area contributed by atoms with E-state index in [4.69, 9.17) is 0 Å². The molecular weight excluding hydrogens is 687 g/mol. The van der Waals surface area contributed by atoms with Crippen molar-refractivity contribution in [2.75, 3.05) is 4.90 Å². The smallest absolute Gasteiger partial charge is 0.0645 e. The average molecular weight is 734 g/mol. The Morgan fingerprint density at radius 3 is 1.49 bits per heavy atom. The van der Waals surface area contributed by atoms with E-state index in [0.29, 0.717) is 16.8 Å². The molecule has 268 valence electrons. The molecule has 57 heavy (non-hydrogen) atoms. The van der Waals surface area contributed by atoms with Gasteiger partial charge in [0.1, 0.15) is 0 Å². The van der Waals surface area contributed by atoms with Crippen LogP contribution in [0.3, 0.4) is 0 Å². The lowest BCUT2D eigenvalue weighted by Gasteiger charge is -2.26. The normalized spacial score (nSPS) is 13.1. The second-order valence-corrected chi connectivity index (χ2v) is 13.9. The molecule has 0 aliphatic rings. The van der Waals surface area contributed by atoms with Crippen molar-refractivity contribution in [2.45, 2.75) is 0 Å². The summed E-state index contributed by atoms with van der Waals surface area (Å²) in [4.78, 5) is 1.36. The highest BCUT2D eigenvalue weighted by Crippen LogP contribution is 2.42. The maximum Gasteiger partial charge on any atom is 0.0645 e. The van der Waals surface area contributed by atoms with Crippen molar-refractivity contribution in [2.24, 2.45) is 0 Å². The monoisotopic (exact) mass is 733 g/mol. The standard InChI is InChI=1S/C56H39N/c1-3-13-40(14-4-1)41-25-32-49(33-26-41)57(50-34-27-42(28-35-50)47-20-11-21-48(39-47)53-24-12-19-43-17-7-9-22-52(43)53)51-36-29-46(30-37-51)56-54-23-10-8-18-45(54)31-38-55(56)44-15-5-2-6-16-44/h1-39H/i25D,26D,29D,30D,32D,33D,36D,37D. The van der Waals surface area contributed by atoms with Gasteiger partial charge in [0.15, 0.2) is 0 Å². The van der Waals surface area contributed by atoms with Crippen molar-refractivity contribution in [3.8, 4) is 55.6 Å². The van der Waals surface area contributed by atoms with Gasteiger partial charge in [-0.15, -0.1) is 0 Å². The van der Waals surface area contributed by atoms with Crippen molar-refractivity contribution in [3.05, 3.63) is 236 Å². The van der Waals surface area contributed by atoms with E-state index in [1.165, 1.54) is 4.90 Å². The lowest BCUT2D eigenvalue weighted by molar-refractivity contribution is 1.28. The van der Waals surface area contributed by atoms with Gasteiger partial charge >= 0.3 is 0 Å². The van der Waals surface area contributed by atoms with Crippen LogP contribution in [0.1, 0.15) is 11.0 Å². The van der Waals surface area contributed by atoms with Crippen molar-refractivity contribution >= 4 is 38.6 Å². The molecule has 0 amide bonds. The molecule has 0 N–H and O–H groups in total. The molecule has 0 saturated heterocycles. The Morgan fingerprint density at radius 1 is 0.281 bits per heavy atom. The number of anilines is 3. The molecule has 0 aliphatic carbocycles. The fraction of sp³-hybridized carbons (Fsp3) is 0. The van der Waals surface area contributed by atoms with E-state index in [0.717, 1.165) is 54.9 Å². The molecule has 0 saturated carbocycles. The van der Waals surface area contributed by atoms with Crippen LogP contribution in [0.2, 0.25) is 0 Å². The van der Waals surface area contributed by atoms with Crippen LogP contribution in [0.4, 0.5) is 17.1 Å². The van der Waals surface area contributed by atoms with Gasteiger partial charge in [-0.3, -0.25) is 0 Å². The lowest BCUT2D eigenvalue weighted by atomic mass is 9.89. The topological polar surface area (TPSA) is 3.24 Å². The molecule has 0 atom stereocenters. The van der Waals surface area contributed by atoms with Crippen LogP contribution in [0, 0.1) is 0 Å². The molecule has 1 nitrogen and oxygen atoms in total. The fourth-order valence-corrected chi connectivity index (χ4v) is 7.63. The molecule has 10 aromatic carbocycles. The highest BCUT2D eigenvalue weighted by Gasteiger charge is 2.16. The van der Waals surface area contributed by atoms with E-state index >= 15 is 0 Å². The number of fused-ring (bicyclic) bond motifs is 2. The third kappa shape index (κ3) is 6.66. The first-order valence-corrected chi connectivity index (χ1v) is 18.9. The molecule has 1 heteroatoms. The number of hydrogen-bond acceptors (Lipinski definition) is 1. The summed E-state index contributed by atoms with van der Waals surface area (Å²) in [6, 6.07) is 57.3. The molecular formula is C56H39N. The highest BCUT2D eigenvalue weighted by molar-refractivity contribution is 6.04. The average Bonchev–Trinajstić information content (AvgIpc) is 3.35. The zero-order chi connectivity index (χ0) is 44.9. The summed E-state index contributed by atoms with van der Waals surface area (Å²) in [5.41, 5.74) is 6.73. The minimum Gasteiger partial charge on any atom is -0.311 e. The lowest BCUT2D eigenvalue weighted by Crippen LogP contribution is -2.09. The van der Waals surface area contributed by atoms with Gasteiger partial charge < -0.3 is 4.90 Å². The quantitative estimate of drug-likeness (QED) is 0.150. The second kappa shape index (κ2) is 15.0. The molecule has 10 rings (SSSR count). The van der Waals surface area contributed by atoms with Crippen LogP contribution in [-0.4, -0.2) is 0 Å². The molecule has 0 aromatic heterocycles. The van der Waals surface area contributed by atoms with E-state index in [1.807, 2.05) is 115 Å². The van der Waals surface area contributed by atoms with Gasteiger partial charge in [-0.25, -0.2) is 0 Å². The number of hydrogen-bond donors (Lipinski definition) is 0. The van der Waals surface area contributed by atoms with Gasteiger partial charge in [0.25, 0.3) is 0 Å². The molecule has 0 bridgehead atoms. The van der Waals surface area contributed by atoms with E-state index in [2.05, 4.69) is 36.4 Å². The Balaban J connectivity index is 1.18. The predicted octanol–water partition coefficient (Wildman–Crippen LogP) is 15.8. The van der Waals surface area contributed by atoms with E-state index in [9.17, 15) is 11.0 Å². The molecule has 0 spiro atoms. The summed E-state index contributed by atoms with van der Waals surface area (Å²) < 4.78 is 76.4. The minimum absolute atomic E-state index is 0.111. The summed E-state index contributed by atoms with van der Waals surface area (Å²) in [6.45, 7) is 0. The molecule has 0 unspecified atom stereocenters. The van der Waals surface area contributed by atoms with Crippen LogP contribution in [-0.2, 0) is 0 Å². The Labute approximate surface area is 345 Å². The summed E-state index contributed by atoms with van der Waals surface area (Å²) in [5.74, 6) is 0. The van der Waals surface area contributed by atoms with Gasteiger partial charge in [0, 0.05) is 17.1 Å². The van der Waals surface area contributed by atoms with Gasteiger partial charge in [-0.1, -0.05) is 194 Å². The first-order valence-electron chi connectivity index (χ1n) is 22.9. The third-order valence-corrected chi connectivity index (χ3v) is 10.4. The Hall–Kier alpha value is -7.48. The van der Waals surface area contributed by atoms with Gasteiger partial charge in [-0.2, -0.15) is 0 Å². The summed E-state index contributed by atoms with van der Waals surface area (Å²) in [5, 5.41) is 3.91. The van der Waals surface area contributed by atoms with Crippen molar-refractivity contribution in [1.82, 2.24) is 0 Å². The molecule has 0 fully saturated rings. The number of rotatable bonds is 8. The van der Waals surface area contributed by atoms with E-state index in [1.54, 1.807) is 36.4 Å². The number of benzene rings is 10. The Bertz CT molecular complexity index is 3400. The molecule has 0 heterocycles. The van der Waals surface area contributed by atoms with Gasteiger partial charge in [0.2, 0.25) is 0 Å². The van der Waals surface area contributed by atoms with Crippen molar-refractivity contribution < 1.29 is 11.0 Å². The summed E-state index contributed by atoms with van der Waals surface area (Å²) in [6.07, 6.45) is 0. The van der Waals surface area contributed by atoms with Crippen molar-refractivity contribution in [1.29, 1.82) is 0 Å².